The number of ether oxygens (including phenoxy) is 1. The van der Waals surface area contributed by atoms with E-state index in [0.717, 1.165) is 22.0 Å². The number of nitrogens with zero attached hydrogens (tertiary/aromatic N) is 1. The van der Waals surface area contributed by atoms with Gasteiger partial charge in [0.05, 0.1) is 6.61 Å². The molecule has 0 aliphatic carbocycles. The van der Waals surface area contributed by atoms with Gasteiger partial charge in [0.1, 0.15) is 6.04 Å². The number of benzene rings is 1. The molecule has 2 aromatic heterocycles. The Morgan fingerprint density at radius 1 is 1.18 bits per heavy atom. The molecule has 3 N–H and O–H groups in total. The Bertz CT molecular complexity index is 967. The molecule has 0 aliphatic heterocycles. The van der Waals surface area contributed by atoms with Crippen LogP contribution in [0.1, 0.15) is 25.0 Å². The minimum absolute atomic E-state index is 0.253. The van der Waals surface area contributed by atoms with Crippen molar-refractivity contribution in [2.45, 2.75) is 32.9 Å². The van der Waals surface area contributed by atoms with Crippen molar-refractivity contribution in [1.82, 2.24) is 20.6 Å². The zero-order chi connectivity index (χ0) is 19.9. The zero-order valence-electron chi connectivity index (χ0n) is 16.0. The standard InChI is InChI=1S/C21H24N4O3/c1-3-28-21-15(7-6-10-22-21)12-24-20(27)19(25-14(2)26)11-16-13-23-18-9-5-4-8-17(16)18/h4-10,13,19,23H,3,11-12H2,1-2H3,(H,24,27)(H,25,26). The molecular formula is C21H24N4O3. The van der Waals surface area contributed by atoms with Crippen molar-refractivity contribution in [3.05, 3.63) is 59.9 Å². The lowest BCUT2D eigenvalue weighted by atomic mass is 10.0. The van der Waals surface area contributed by atoms with Crippen LogP contribution in [0, 0.1) is 0 Å². The Morgan fingerprint density at radius 3 is 2.79 bits per heavy atom. The second kappa shape index (κ2) is 9.03. The lowest BCUT2D eigenvalue weighted by Gasteiger charge is -2.18. The summed E-state index contributed by atoms with van der Waals surface area (Å²) in [5.74, 6) is -0.0128. The Hall–Kier alpha value is -3.35. The van der Waals surface area contributed by atoms with Gasteiger partial charge in [-0.25, -0.2) is 4.98 Å². The molecule has 1 unspecified atom stereocenters. The summed E-state index contributed by atoms with van der Waals surface area (Å²) in [6, 6.07) is 10.8. The normalized spacial score (nSPS) is 11.8. The van der Waals surface area contributed by atoms with Crippen LogP contribution in [-0.2, 0) is 22.6 Å². The number of para-hydroxylation sites is 1. The van der Waals surface area contributed by atoms with Gasteiger partial charge >= 0.3 is 0 Å². The first kappa shape index (κ1) is 19.4. The van der Waals surface area contributed by atoms with Crippen molar-refractivity contribution in [1.29, 1.82) is 0 Å². The van der Waals surface area contributed by atoms with E-state index in [0.29, 0.717) is 18.9 Å². The number of aromatic nitrogens is 2. The zero-order valence-corrected chi connectivity index (χ0v) is 16.0. The summed E-state index contributed by atoms with van der Waals surface area (Å²) >= 11 is 0. The van der Waals surface area contributed by atoms with E-state index in [-0.39, 0.29) is 18.4 Å². The highest BCUT2D eigenvalue weighted by Gasteiger charge is 2.21. The second-order valence-corrected chi connectivity index (χ2v) is 6.44. The van der Waals surface area contributed by atoms with Crippen LogP contribution in [0.15, 0.2) is 48.8 Å². The Kier molecular flexibility index (Phi) is 6.26. The number of pyridine rings is 1. The van der Waals surface area contributed by atoms with E-state index in [1.807, 2.05) is 43.5 Å². The maximum atomic E-state index is 12.8. The molecule has 1 atom stereocenters. The van der Waals surface area contributed by atoms with E-state index in [1.165, 1.54) is 6.92 Å². The highest BCUT2D eigenvalue weighted by molar-refractivity contribution is 5.89. The summed E-state index contributed by atoms with van der Waals surface area (Å²) in [4.78, 5) is 31.8. The number of hydrogen-bond donors (Lipinski definition) is 3. The fourth-order valence-corrected chi connectivity index (χ4v) is 3.11. The van der Waals surface area contributed by atoms with E-state index < -0.39 is 6.04 Å². The van der Waals surface area contributed by atoms with Crippen LogP contribution >= 0.6 is 0 Å². The molecule has 7 nitrogen and oxygen atoms in total. The van der Waals surface area contributed by atoms with E-state index in [1.54, 1.807) is 12.3 Å². The van der Waals surface area contributed by atoms with Crippen LogP contribution in [0.25, 0.3) is 10.9 Å². The molecule has 0 saturated heterocycles. The number of nitrogens with one attached hydrogen (secondary N) is 3. The lowest BCUT2D eigenvalue weighted by Crippen LogP contribution is -2.47. The SMILES string of the molecule is CCOc1ncccc1CNC(=O)C(Cc1c[nH]c2ccccc12)NC(C)=O. The number of rotatable bonds is 8. The van der Waals surface area contributed by atoms with Gasteiger partial charge in [-0.1, -0.05) is 24.3 Å². The van der Waals surface area contributed by atoms with Gasteiger partial charge in [0.15, 0.2) is 0 Å². The minimum Gasteiger partial charge on any atom is -0.478 e. The van der Waals surface area contributed by atoms with Gasteiger partial charge in [0, 0.05) is 48.7 Å². The highest BCUT2D eigenvalue weighted by Crippen LogP contribution is 2.19. The Morgan fingerprint density at radius 2 is 2.00 bits per heavy atom. The molecular weight excluding hydrogens is 356 g/mol. The lowest BCUT2D eigenvalue weighted by molar-refractivity contribution is -0.128. The van der Waals surface area contributed by atoms with Crippen molar-refractivity contribution in [3.8, 4) is 5.88 Å². The Labute approximate surface area is 163 Å². The van der Waals surface area contributed by atoms with E-state index in [2.05, 4.69) is 20.6 Å². The summed E-state index contributed by atoms with van der Waals surface area (Å²) in [5, 5.41) is 6.67. The van der Waals surface area contributed by atoms with Crippen LogP contribution in [0.3, 0.4) is 0 Å². The quantitative estimate of drug-likeness (QED) is 0.559. The number of carbonyl (C=O) groups excluding carboxylic acids is 2. The number of amides is 2. The average Bonchev–Trinajstić information content (AvgIpc) is 3.09. The van der Waals surface area contributed by atoms with E-state index >= 15 is 0 Å². The molecule has 0 saturated carbocycles. The smallest absolute Gasteiger partial charge is 0.243 e. The first-order valence-electron chi connectivity index (χ1n) is 9.25. The molecule has 2 heterocycles. The molecule has 0 aliphatic rings. The van der Waals surface area contributed by atoms with Gasteiger partial charge in [-0.05, 0) is 24.6 Å². The van der Waals surface area contributed by atoms with Crippen molar-refractivity contribution in [2.75, 3.05) is 6.61 Å². The molecule has 7 heteroatoms. The molecule has 146 valence electrons. The minimum atomic E-state index is -0.677. The molecule has 3 rings (SSSR count). The third-order valence-corrected chi connectivity index (χ3v) is 4.38. The molecule has 0 spiro atoms. The topological polar surface area (TPSA) is 96.1 Å². The van der Waals surface area contributed by atoms with Crippen molar-refractivity contribution in [3.63, 3.8) is 0 Å². The maximum Gasteiger partial charge on any atom is 0.243 e. The van der Waals surface area contributed by atoms with E-state index in [4.69, 9.17) is 4.74 Å². The monoisotopic (exact) mass is 380 g/mol. The molecule has 0 fully saturated rings. The predicted octanol–water partition coefficient (Wildman–Crippen LogP) is 2.33. The third-order valence-electron chi connectivity index (χ3n) is 4.38. The van der Waals surface area contributed by atoms with Crippen molar-refractivity contribution in [2.24, 2.45) is 0 Å². The van der Waals surface area contributed by atoms with Crippen molar-refractivity contribution >= 4 is 22.7 Å². The first-order valence-corrected chi connectivity index (χ1v) is 9.25. The number of H-pyrrole nitrogens is 1. The molecule has 1 aromatic carbocycles. The van der Waals surface area contributed by atoms with E-state index in [9.17, 15) is 9.59 Å². The maximum absolute atomic E-state index is 12.8. The molecule has 3 aromatic rings. The van der Waals surface area contributed by atoms with Gasteiger partial charge in [-0.3, -0.25) is 9.59 Å². The highest BCUT2D eigenvalue weighted by atomic mass is 16.5. The Balaban J connectivity index is 1.72. The van der Waals surface area contributed by atoms with Gasteiger partial charge in [-0.15, -0.1) is 0 Å². The number of aromatic amines is 1. The molecule has 0 bridgehead atoms. The third kappa shape index (κ3) is 4.68. The first-order chi connectivity index (χ1) is 13.6. The van der Waals surface area contributed by atoms with Gasteiger partial charge < -0.3 is 20.4 Å². The summed E-state index contributed by atoms with van der Waals surface area (Å²) in [7, 11) is 0. The second-order valence-electron chi connectivity index (χ2n) is 6.44. The van der Waals surface area contributed by atoms with Crippen LogP contribution in [0.2, 0.25) is 0 Å². The average molecular weight is 380 g/mol. The predicted molar refractivity (Wildman–Crippen MR) is 107 cm³/mol. The number of carbonyl (C=O) groups is 2. The molecule has 0 radical (unpaired) electrons. The van der Waals surface area contributed by atoms with Crippen LogP contribution in [0.4, 0.5) is 0 Å². The summed E-state index contributed by atoms with van der Waals surface area (Å²) in [6.07, 6.45) is 3.91. The molecule has 2 amide bonds. The number of hydrogen-bond acceptors (Lipinski definition) is 4. The summed E-state index contributed by atoms with van der Waals surface area (Å²) in [6.45, 7) is 4.05. The summed E-state index contributed by atoms with van der Waals surface area (Å²) in [5.41, 5.74) is 2.75. The molecule has 28 heavy (non-hydrogen) atoms. The largest absolute Gasteiger partial charge is 0.478 e. The van der Waals surface area contributed by atoms with Gasteiger partial charge in [0.2, 0.25) is 17.7 Å². The van der Waals surface area contributed by atoms with Crippen LogP contribution in [-0.4, -0.2) is 34.4 Å². The van der Waals surface area contributed by atoms with Crippen LogP contribution < -0.4 is 15.4 Å². The summed E-state index contributed by atoms with van der Waals surface area (Å²) < 4.78 is 5.49. The fraction of sp³-hybridized carbons (Fsp3) is 0.286. The number of fused-ring (bicyclic) bond motifs is 1. The van der Waals surface area contributed by atoms with Crippen molar-refractivity contribution < 1.29 is 14.3 Å². The fourth-order valence-electron chi connectivity index (χ4n) is 3.11. The van der Waals surface area contributed by atoms with Crippen LogP contribution in [0.5, 0.6) is 5.88 Å². The van der Waals surface area contributed by atoms with Gasteiger partial charge in [0.25, 0.3) is 0 Å². The van der Waals surface area contributed by atoms with Gasteiger partial charge in [-0.2, -0.15) is 0 Å².